The van der Waals surface area contributed by atoms with Gasteiger partial charge in [-0.3, -0.25) is 4.90 Å². The molecule has 0 bridgehead atoms. The van der Waals surface area contributed by atoms with Crippen molar-refractivity contribution in [3.63, 3.8) is 0 Å². The number of likely N-dealkylation sites (tertiary alicyclic amines) is 1. The Morgan fingerprint density at radius 3 is 2.65 bits per heavy atom. The van der Waals surface area contributed by atoms with Crippen LogP contribution in [-0.2, 0) is 16.4 Å². The minimum atomic E-state index is -2.78. The van der Waals surface area contributed by atoms with Crippen molar-refractivity contribution in [2.75, 3.05) is 24.6 Å². The van der Waals surface area contributed by atoms with Crippen LogP contribution in [0, 0.1) is 11.8 Å². The summed E-state index contributed by atoms with van der Waals surface area (Å²) in [6.45, 7) is 3.38. The van der Waals surface area contributed by atoms with Gasteiger partial charge in [-0.25, -0.2) is 8.42 Å². The number of hydrogen-bond acceptors (Lipinski definition) is 4. The molecule has 1 saturated carbocycles. The number of sulfone groups is 1. The van der Waals surface area contributed by atoms with Gasteiger partial charge >= 0.3 is 0 Å². The first-order chi connectivity index (χ1) is 11.1. The smallest absolute Gasteiger partial charge is 0.151 e. The fourth-order valence-corrected chi connectivity index (χ4v) is 6.45. The van der Waals surface area contributed by atoms with Crippen molar-refractivity contribution in [2.24, 2.45) is 11.8 Å². The monoisotopic (exact) mass is 334 g/mol. The Hall–Kier alpha value is -0.910. The number of fused-ring (bicyclic) bond motifs is 1. The Labute approximate surface area is 139 Å². The van der Waals surface area contributed by atoms with E-state index < -0.39 is 9.84 Å². The van der Waals surface area contributed by atoms with Gasteiger partial charge in [-0.15, -0.1) is 0 Å². The zero-order valence-electron chi connectivity index (χ0n) is 13.5. The van der Waals surface area contributed by atoms with E-state index in [1.54, 1.807) is 0 Å². The molecular weight excluding hydrogens is 308 g/mol. The topological polar surface area (TPSA) is 49.4 Å². The van der Waals surface area contributed by atoms with E-state index in [4.69, 9.17) is 0 Å². The van der Waals surface area contributed by atoms with Crippen molar-refractivity contribution in [3.8, 4) is 0 Å². The fourth-order valence-electron chi connectivity index (χ4n) is 4.76. The van der Waals surface area contributed by atoms with Gasteiger partial charge in [0.1, 0.15) is 0 Å². The standard InChI is InChI=1S/C18H26N2O2S/c21-23(22)9-8-16(13-23)19-18-7-6-15-11-20(12-17(15)18)10-14-4-2-1-3-5-14/h1-5,15-19H,6-13H2/t15-,16-,17-,18+/m0/s1. The lowest BCUT2D eigenvalue weighted by atomic mass is 9.97. The number of benzene rings is 1. The van der Waals surface area contributed by atoms with Crippen LogP contribution in [0.1, 0.15) is 24.8 Å². The summed E-state index contributed by atoms with van der Waals surface area (Å²) >= 11 is 0. The lowest BCUT2D eigenvalue weighted by molar-refractivity contribution is 0.283. The molecule has 1 N–H and O–H groups in total. The van der Waals surface area contributed by atoms with E-state index >= 15 is 0 Å². The summed E-state index contributed by atoms with van der Waals surface area (Å²) in [4.78, 5) is 2.57. The van der Waals surface area contributed by atoms with Gasteiger partial charge in [0.25, 0.3) is 0 Å². The molecule has 2 saturated heterocycles. The highest BCUT2D eigenvalue weighted by Gasteiger charge is 2.43. The molecule has 1 aliphatic carbocycles. The van der Waals surface area contributed by atoms with Crippen molar-refractivity contribution in [1.29, 1.82) is 0 Å². The Kier molecular flexibility index (Phi) is 4.20. The number of nitrogens with one attached hydrogen (secondary N) is 1. The lowest BCUT2D eigenvalue weighted by Crippen LogP contribution is -2.42. The number of rotatable bonds is 4. The molecule has 2 heterocycles. The Bertz CT molecular complexity index is 646. The molecule has 3 aliphatic rings. The van der Waals surface area contributed by atoms with Gasteiger partial charge in [-0.2, -0.15) is 0 Å². The number of nitrogens with zero attached hydrogens (tertiary/aromatic N) is 1. The van der Waals surface area contributed by atoms with Crippen LogP contribution in [-0.4, -0.2) is 50.0 Å². The van der Waals surface area contributed by atoms with Crippen LogP contribution < -0.4 is 5.32 Å². The van der Waals surface area contributed by atoms with Gasteiger partial charge in [-0.05, 0) is 36.7 Å². The molecule has 3 fully saturated rings. The molecule has 0 unspecified atom stereocenters. The maximum Gasteiger partial charge on any atom is 0.151 e. The molecule has 5 heteroatoms. The summed E-state index contributed by atoms with van der Waals surface area (Å²) in [5, 5.41) is 3.68. The van der Waals surface area contributed by atoms with Crippen molar-refractivity contribution >= 4 is 9.84 Å². The number of hydrogen-bond donors (Lipinski definition) is 1. The molecule has 1 aromatic carbocycles. The van der Waals surface area contributed by atoms with Crippen LogP contribution >= 0.6 is 0 Å². The SMILES string of the molecule is O=S1(=O)CC[C@H](N[C@@H]2CC[C@H]3CN(Cc4ccccc4)C[C@@H]32)C1. The van der Waals surface area contributed by atoms with E-state index in [-0.39, 0.29) is 6.04 Å². The average molecular weight is 334 g/mol. The van der Waals surface area contributed by atoms with Gasteiger partial charge in [0.2, 0.25) is 0 Å². The van der Waals surface area contributed by atoms with Crippen molar-refractivity contribution in [3.05, 3.63) is 35.9 Å². The molecule has 4 rings (SSSR count). The zero-order chi connectivity index (χ0) is 15.9. The highest BCUT2D eigenvalue weighted by atomic mass is 32.2. The first-order valence-electron chi connectivity index (χ1n) is 8.82. The normalized spacial score (nSPS) is 36.3. The molecule has 0 aromatic heterocycles. The summed E-state index contributed by atoms with van der Waals surface area (Å²) in [7, 11) is -2.78. The summed E-state index contributed by atoms with van der Waals surface area (Å²) in [5.74, 6) is 2.19. The Morgan fingerprint density at radius 2 is 1.91 bits per heavy atom. The molecular formula is C18H26N2O2S. The summed E-state index contributed by atoms with van der Waals surface area (Å²) in [6, 6.07) is 11.4. The molecule has 4 nitrogen and oxygen atoms in total. The van der Waals surface area contributed by atoms with Gasteiger partial charge < -0.3 is 5.32 Å². The van der Waals surface area contributed by atoms with E-state index in [2.05, 4.69) is 40.5 Å². The predicted molar refractivity (Wildman–Crippen MR) is 91.9 cm³/mol. The minimum absolute atomic E-state index is 0.187. The van der Waals surface area contributed by atoms with Crippen molar-refractivity contribution in [2.45, 2.75) is 37.9 Å². The van der Waals surface area contributed by atoms with Gasteiger partial charge in [0.05, 0.1) is 11.5 Å². The van der Waals surface area contributed by atoms with Crippen LogP contribution in [0.15, 0.2) is 30.3 Å². The second-order valence-electron chi connectivity index (χ2n) is 7.55. The van der Waals surface area contributed by atoms with Crippen molar-refractivity contribution in [1.82, 2.24) is 10.2 Å². The van der Waals surface area contributed by atoms with Crippen LogP contribution in [0.4, 0.5) is 0 Å². The summed E-state index contributed by atoms with van der Waals surface area (Å²) < 4.78 is 23.3. The predicted octanol–water partition coefficient (Wildman–Crippen LogP) is 1.67. The maximum atomic E-state index is 11.6. The Balaban J connectivity index is 1.34. The second kappa shape index (κ2) is 6.19. The van der Waals surface area contributed by atoms with Gasteiger partial charge in [-0.1, -0.05) is 30.3 Å². The minimum Gasteiger partial charge on any atom is -0.310 e. The maximum absolute atomic E-state index is 11.6. The first-order valence-corrected chi connectivity index (χ1v) is 10.6. The van der Waals surface area contributed by atoms with E-state index in [1.807, 2.05) is 0 Å². The highest BCUT2D eigenvalue weighted by Crippen LogP contribution is 2.39. The second-order valence-corrected chi connectivity index (χ2v) is 9.78. The molecule has 23 heavy (non-hydrogen) atoms. The average Bonchev–Trinajstić information content (AvgIpc) is 3.17. The molecule has 0 amide bonds. The van der Waals surface area contributed by atoms with Gasteiger partial charge in [0, 0.05) is 31.7 Å². The van der Waals surface area contributed by atoms with E-state index in [0.717, 1.165) is 25.4 Å². The van der Waals surface area contributed by atoms with Crippen LogP contribution in [0.25, 0.3) is 0 Å². The third kappa shape index (κ3) is 3.47. The van der Waals surface area contributed by atoms with E-state index in [0.29, 0.717) is 23.5 Å². The first kappa shape index (κ1) is 15.6. The fraction of sp³-hybridized carbons (Fsp3) is 0.667. The molecule has 4 atom stereocenters. The lowest BCUT2D eigenvalue weighted by Gasteiger charge is -2.24. The van der Waals surface area contributed by atoms with E-state index in [9.17, 15) is 8.42 Å². The Morgan fingerprint density at radius 1 is 1.09 bits per heavy atom. The summed E-state index contributed by atoms with van der Waals surface area (Å²) in [6.07, 6.45) is 3.29. The summed E-state index contributed by atoms with van der Waals surface area (Å²) in [5.41, 5.74) is 1.39. The van der Waals surface area contributed by atoms with Crippen LogP contribution in [0.3, 0.4) is 0 Å². The molecule has 0 radical (unpaired) electrons. The van der Waals surface area contributed by atoms with Gasteiger partial charge in [0.15, 0.2) is 9.84 Å². The van der Waals surface area contributed by atoms with Crippen LogP contribution in [0.5, 0.6) is 0 Å². The largest absolute Gasteiger partial charge is 0.310 e. The zero-order valence-corrected chi connectivity index (χ0v) is 14.3. The third-order valence-corrected chi connectivity index (χ3v) is 7.63. The quantitative estimate of drug-likeness (QED) is 0.910. The molecule has 1 aromatic rings. The van der Waals surface area contributed by atoms with Crippen LogP contribution in [0.2, 0.25) is 0 Å². The molecule has 0 spiro atoms. The van der Waals surface area contributed by atoms with Crippen molar-refractivity contribution < 1.29 is 8.42 Å². The third-order valence-electron chi connectivity index (χ3n) is 5.86. The highest BCUT2D eigenvalue weighted by molar-refractivity contribution is 7.91. The van der Waals surface area contributed by atoms with E-state index in [1.165, 1.54) is 24.9 Å². The molecule has 126 valence electrons. The molecule has 2 aliphatic heterocycles.